The minimum Gasteiger partial charge on any atom is -0.378 e. The van der Waals surface area contributed by atoms with E-state index in [1.807, 2.05) is 67.5 Å². The van der Waals surface area contributed by atoms with Crippen molar-refractivity contribution in [2.24, 2.45) is 0 Å². The van der Waals surface area contributed by atoms with Crippen molar-refractivity contribution in [3.8, 4) is 0 Å². The third-order valence-electron chi connectivity index (χ3n) is 4.50. The first-order chi connectivity index (χ1) is 13.4. The van der Waals surface area contributed by atoms with Gasteiger partial charge in [0.1, 0.15) is 5.69 Å². The standard InChI is InChI=1S/C23H26N4O/c1-16(2)20-7-5-6-8-21(20)25-18-11-14-22(24-15-18)23(28)26-17-9-12-19(13-10-17)27(3)4/h5-16,25H,1-4H3,(H,26,28). The Morgan fingerprint density at radius 2 is 1.61 bits per heavy atom. The Kier molecular flexibility index (Phi) is 5.94. The van der Waals surface area contributed by atoms with E-state index in [9.17, 15) is 4.79 Å². The number of nitrogens with one attached hydrogen (secondary N) is 2. The first kappa shape index (κ1) is 19.4. The lowest BCUT2D eigenvalue weighted by atomic mass is 10.0. The van der Waals surface area contributed by atoms with Crippen LogP contribution in [0.5, 0.6) is 0 Å². The summed E-state index contributed by atoms with van der Waals surface area (Å²) < 4.78 is 0. The van der Waals surface area contributed by atoms with Gasteiger partial charge >= 0.3 is 0 Å². The molecule has 0 aliphatic carbocycles. The molecule has 1 heterocycles. The number of benzene rings is 2. The van der Waals surface area contributed by atoms with Crippen LogP contribution in [0.25, 0.3) is 0 Å². The van der Waals surface area contributed by atoms with Crippen LogP contribution in [-0.4, -0.2) is 25.0 Å². The summed E-state index contributed by atoms with van der Waals surface area (Å²) in [6.45, 7) is 4.33. The zero-order valence-corrected chi connectivity index (χ0v) is 16.7. The molecule has 0 unspecified atom stereocenters. The highest BCUT2D eigenvalue weighted by Crippen LogP contribution is 2.26. The molecule has 0 aliphatic heterocycles. The quantitative estimate of drug-likeness (QED) is 0.617. The van der Waals surface area contributed by atoms with Crippen molar-refractivity contribution in [3.05, 3.63) is 78.1 Å². The van der Waals surface area contributed by atoms with Crippen molar-refractivity contribution >= 4 is 28.7 Å². The van der Waals surface area contributed by atoms with Crippen LogP contribution in [0, 0.1) is 0 Å². The molecule has 1 aromatic heterocycles. The van der Waals surface area contributed by atoms with Crippen LogP contribution >= 0.6 is 0 Å². The van der Waals surface area contributed by atoms with Crippen LogP contribution in [0.2, 0.25) is 0 Å². The highest BCUT2D eigenvalue weighted by molar-refractivity contribution is 6.03. The average molecular weight is 374 g/mol. The summed E-state index contributed by atoms with van der Waals surface area (Å²) in [6, 6.07) is 19.5. The molecule has 0 saturated carbocycles. The molecule has 144 valence electrons. The van der Waals surface area contributed by atoms with E-state index in [2.05, 4.69) is 35.5 Å². The molecule has 2 N–H and O–H groups in total. The molecule has 0 bridgehead atoms. The topological polar surface area (TPSA) is 57.3 Å². The molecule has 0 spiro atoms. The number of hydrogen-bond acceptors (Lipinski definition) is 4. The Labute approximate surface area is 166 Å². The van der Waals surface area contributed by atoms with E-state index in [1.165, 1.54) is 5.56 Å². The van der Waals surface area contributed by atoms with Gasteiger partial charge in [-0.15, -0.1) is 0 Å². The molecule has 1 amide bonds. The number of hydrogen-bond donors (Lipinski definition) is 2. The fourth-order valence-electron chi connectivity index (χ4n) is 2.91. The lowest BCUT2D eigenvalue weighted by Gasteiger charge is -2.14. The molecule has 3 rings (SSSR count). The number of nitrogens with zero attached hydrogens (tertiary/aromatic N) is 2. The lowest BCUT2D eigenvalue weighted by molar-refractivity contribution is 0.102. The van der Waals surface area contributed by atoms with Crippen LogP contribution < -0.4 is 15.5 Å². The Balaban J connectivity index is 1.68. The summed E-state index contributed by atoms with van der Waals surface area (Å²) in [5.74, 6) is 0.187. The minimum absolute atomic E-state index is 0.230. The number of anilines is 4. The van der Waals surface area contributed by atoms with E-state index < -0.39 is 0 Å². The maximum Gasteiger partial charge on any atom is 0.274 e. The first-order valence-electron chi connectivity index (χ1n) is 9.35. The molecule has 0 saturated heterocycles. The summed E-state index contributed by atoms with van der Waals surface area (Å²) in [5, 5.41) is 6.26. The number of pyridine rings is 1. The molecular weight excluding hydrogens is 348 g/mol. The van der Waals surface area contributed by atoms with Gasteiger partial charge in [-0.25, -0.2) is 4.98 Å². The highest BCUT2D eigenvalue weighted by atomic mass is 16.1. The number of carbonyl (C=O) groups is 1. The monoisotopic (exact) mass is 374 g/mol. The van der Waals surface area contributed by atoms with Crippen molar-refractivity contribution in [2.75, 3.05) is 29.6 Å². The predicted octanol–water partition coefficient (Wildman–Crippen LogP) is 5.27. The van der Waals surface area contributed by atoms with Crippen molar-refractivity contribution < 1.29 is 4.79 Å². The van der Waals surface area contributed by atoms with Gasteiger partial charge in [-0.05, 0) is 53.9 Å². The van der Waals surface area contributed by atoms with Gasteiger partial charge in [0, 0.05) is 31.2 Å². The van der Waals surface area contributed by atoms with Gasteiger partial charge < -0.3 is 15.5 Å². The Hall–Kier alpha value is -3.34. The summed E-state index contributed by atoms with van der Waals surface area (Å²) in [6.07, 6.45) is 1.68. The van der Waals surface area contributed by atoms with E-state index >= 15 is 0 Å². The highest BCUT2D eigenvalue weighted by Gasteiger charge is 2.10. The second-order valence-corrected chi connectivity index (χ2v) is 7.19. The van der Waals surface area contributed by atoms with Gasteiger partial charge in [0.25, 0.3) is 5.91 Å². The Morgan fingerprint density at radius 3 is 2.21 bits per heavy atom. The zero-order chi connectivity index (χ0) is 20.1. The minimum atomic E-state index is -0.230. The lowest BCUT2D eigenvalue weighted by Crippen LogP contribution is -2.14. The van der Waals surface area contributed by atoms with Gasteiger partial charge in [-0.3, -0.25) is 4.79 Å². The molecule has 0 aliphatic rings. The molecule has 2 aromatic carbocycles. The van der Waals surface area contributed by atoms with E-state index in [0.717, 1.165) is 22.7 Å². The molecule has 28 heavy (non-hydrogen) atoms. The van der Waals surface area contributed by atoms with Crippen molar-refractivity contribution in [2.45, 2.75) is 19.8 Å². The fourth-order valence-corrected chi connectivity index (χ4v) is 2.91. The van der Waals surface area contributed by atoms with Crippen molar-refractivity contribution in [1.29, 1.82) is 0 Å². The van der Waals surface area contributed by atoms with Crippen molar-refractivity contribution in [3.63, 3.8) is 0 Å². The van der Waals surface area contributed by atoms with Crippen LogP contribution in [0.4, 0.5) is 22.7 Å². The van der Waals surface area contributed by atoms with E-state index in [4.69, 9.17) is 0 Å². The van der Waals surface area contributed by atoms with Gasteiger partial charge in [-0.2, -0.15) is 0 Å². The largest absolute Gasteiger partial charge is 0.378 e. The number of rotatable bonds is 6. The molecule has 5 nitrogen and oxygen atoms in total. The first-order valence-corrected chi connectivity index (χ1v) is 9.35. The second-order valence-electron chi connectivity index (χ2n) is 7.19. The van der Waals surface area contributed by atoms with Crippen LogP contribution in [0.3, 0.4) is 0 Å². The molecule has 0 fully saturated rings. The summed E-state index contributed by atoms with van der Waals surface area (Å²) in [5.41, 5.74) is 5.33. The molecule has 0 atom stereocenters. The Morgan fingerprint density at radius 1 is 0.929 bits per heavy atom. The SMILES string of the molecule is CC(C)c1ccccc1Nc1ccc(C(=O)Nc2ccc(N(C)C)cc2)nc1. The van der Waals surface area contributed by atoms with Gasteiger partial charge in [0.15, 0.2) is 0 Å². The number of aromatic nitrogens is 1. The molecule has 5 heteroatoms. The smallest absolute Gasteiger partial charge is 0.274 e. The van der Waals surface area contributed by atoms with E-state index in [-0.39, 0.29) is 5.91 Å². The van der Waals surface area contributed by atoms with Crippen LogP contribution in [-0.2, 0) is 0 Å². The van der Waals surface area contributed by atoms with Crippen molar-refractivity contribution in [1.82, 2.24) is 4.98 Å². The second kappa shape index (κ2) is 8.57. The molecule has 3 aromatic rings. The van der Waals surface area contributed by atoms with E-state index in [0.29, 0.717) is 11.6 Å². The third kappa shape index (κ3) is 4.68. The molecular formula is C23H26N4O. The number of amides is 1. The van der Waals surface area contributed by atoms with Gasteiger partial charge in [0.05, 0.1) is 11.9 Å². The maximum atomic E-state index is 12.4. The third-order valence-corrected chi connectivity index (χ3v) is 4.50. The fraction of sp³-hybridized carbons (Fsp3) is 0.217. The van der Waals surface area contributed by atoms with Crippen LogP contribution in [0.15, 0.2) is 66.9 Å². The normalized spacial score (nSPS) is 10.6. The average Bonchev–Trinajstić information content (AvgIpc) is 2.69. The maximum absolute atomic E-state index is 12.4. The molecule has 0 radical (unpaired) electrons. The van der Waals surface area contributed by atoms with E-state index in [1.54, 1.807) is 12.3 Å². The Bertz CT molecular complexity index is 932. The predicted molar refractivity (Wildman–Crippen MR) is 117 cm³/mol. The zero-order valence-electron chi connectivity index (χ0n) is 16.7. The van der Waals surface area contributed by atoms with Gasteiger partial charge in [-0.1, -0.05) is 32.0 Å². The summed E-state index contributed by atoms with van der Waals surface area (Å²) in [4.78, 5) is 18.8. The number of carbonyl (C=O) groups excluding carboxylic acids is 1. The summed E-state index contributed by atoms with van der Waals surface area (Å²) in [7, 11) is 3.96. The number of para-hydroxylation sites is 1. The summed E-state index contributed by atoms with van der Waals surface area (Å²) >= 11 is 0. The van der Waals surface area contributed by atoms with Gasteiger partial charge in [0.2, 0.25) is 0 Å². The van der Waals surface area contributed by atoms with Crippen LogP contribution in [0.1, 0.15) is 35.8 Å².